The topological polar surface area (TPSA) is 79.2 Å². The first-order valence-electron chi connectivity index (χ1n) is 4.07. The van der Waals surface area contributed by atoms with E-state index in [1.165, 1.54) is 0 Å². The number of amides is 1. The van der Waals surface area contributed by atoms with Gasteiger partial charge in [0.2, 0.25) is 5.91 Å². The smallest absolute Gasteiger partial charge is 0.239 e. The van der Waals surface area contributed by atoms with Gasteiger partial charge in [0.05, 0.1) is 6.54 Å². The second-order valence-electron chi connectivity index (χ2n) is 3.02. The monoisotopic (exact) mass is 204 g/mol. The van der Waals surface area contributed by atoms with Crippen molar-refractivity contribution in [3.05, 3.63) is 0 Å². The van der Waals surface area contributed by atoms with E-state index in [2.05, 4.69) is 28.3 Å². The molecule has 0 aliphatic rings. The molecule has 0 radical (unpaired) electrons. The maximum absolute atomic E-state index is 11.1. The summed E-state index contributed by atoms with van der Waals surface area (Å²) in [5, 5.41) is 5.63. The van der Waals surface area contributed by atoms with E-state index in [0.29, 0.717) is 12.5 Å². The summed E-state index contributed by atoms with van der Waals surface area (Å²) in [6.07, 6.45) is 0. The van der Waals surface area contributed by atoms with Crippen molar-refractivity contribution < 1.29 is 4.79 Å². The van der Waals surface area contributed by atoms with E-state index >= 15 is 0 Å². The fourth-order valence-corrected chi connectivity index (χ4v) is 0.664. The van der Waals surface area contributed by atoms with E-state index in [1.807, 2.05) is 13.8 Å². The molecule has 0 bridgehead atoms. The number of nitrogens with one attached hydrogen (secondary N) is 3. The van der Waals surface area contributed by atoms with Gasteiger partial charge in [-0.1, -0.05) is 13.8 Å². The lowest BCUT2D eigenvalue weighted by molar-refractivity contribution is -0.120. The summed E-state index contributed by atoms with van der Waals surface area (Å²) >= 11 is 4.68. The van der Waals surface area contributed by atoms with E-state index in [9.17, 15) is 4.79 Å². The number of carbonyl (C=O) groups excluding carboxylic acids is 1. The van der Waals surface area contributed by atoms with Gasteiger partial charge in [-0.05, 0) is 18.1 Å². The molecule has 0 aliphatic heterocycles. The molecule has 0 fully saturated rings. The molecule has 5 N–H and O–H groups in total. The fraction of sp³-hybridized carbons (Fsp3) is 0.714. The fourth-order valence-electron chi connectivity index (χ4n) is 0.592. The lowest BCUT2D eigenvalue weighted by atomic mass is 10.2. The molecule has 0 heterocycles. The molecule has 5 nitrogen and oxygen atoms in total. The molecule has 0 aromatic carbocycles. The summed E-state index contributed by atoms with van der Waals surface area (Å²) < 4.78 is 0. The normalized spacial score (nSPS) is 9.54. The zero-order valence-corrected chi connectivity index (χ0v) is 8.70. The number of hydrazine groups is 1. The first-order valence-corrected chi connectivity index (χ1v) is 4.48. The Hall–Kier alpha value is -0.880. The lowest BCUT2D eigenvalue weighted by Crippen LogP contribution is -2.44. The Morgan fingerprint density at radius 3 is 2.54 bits per heavy atom. The van der Waals surface area contributed by atoms with Gasteiger partial charge in [-0.3, -0.25) is 4.79 Å². The van der Waals surface area contributed by atoms with Gasteiger partial charge in [-0.25, -0.2) is 5.84 Å². The Bertz CT molecular complexity index is 183. The molecule has 0 aliphatic carbocycles. The highest BCUT2D eigenvalue weighted by Crippen LogP contribution is 1.85. The van der Waals surface area contributed by atoms with Crippen LogP contribution in [0.3, 0.4) is 0 Å². The van der Waals surface area contributed by atoms with Crippen LogP contribution in [0.1, 0.15) is 13.8 Å². The minimum absolute atomic E-state index is 0.0914. The molecule has 0 saturated heterocycles. The van der Waals surface area contributed by atoms with Crippen LogP contribution in [0.4, 0.5) is 0 Å². The summed E-state index contributed by atoms with van der Waals surface area (Å²) in [5.74, 6) is 5.35. The number of thiocarbonyl (C=S) groups is 1. The van der Waals surface area contributed by atoms with Gasteiger partial charge in [-0.2, -0.15) is 0 Å². The highest BCUT2D eigenvalue weighted by molar-refractivity contribution is 7.80. The quantitative estimate of drug-likeness (QED) is 0.271. The van der Waals surface area contributed by atoms with E-state index in [-0.39, 0.29) is 17.6 Å². The molecule has 0 aromatic rings. The molecular formula is C7H16N4OS. The Balaban J connectivity index is 3.46. The Morgan fingerprint density at radius 2 is 2.08 bits per heavy atom. The van der Waals surface area contributed by atoms with Crippen molar-refractivity contribution in [3.63, 3.8) is 0 Å². The van der Waals surface area contributed by atoms with E-state index < -0.39 is 0 Å². The van der Waals surface area contributed by atoms with E-state index in [0.717, 1.165) is 0 Å². The maximum atomic E-state index is 11.1. The van der Waals surface area contributed by atoms with Crippen LogP contribution in [0.5, 0.6) is 0 Å². The third-order valence-electron chi connectivity index (χ3n) is 1.25. The maximum Gasteiger partial charge on any atom is 0.239 e. The lowest BCUT2D eigenvalue weighted by Gasteiger charge is -2.09. The predicted octanol–water partition coefficient (Wildman–Crippen LogP) is -0.904. The van der Waals surface area contributed by atoms with Crippen LogP contribution in [0.25, 0.3) is 0 Å². The van der Waals surface area contributed by atoms with Gasteiger partial charge in [0.15, 0.2) is 5.11 Å². The van der Waals surface area contributed by atoms with Gasteiger partial charge < -0.3 is 16.1 Å². The minimum atomic E-state index is -0.0914. The third-order valence-corrected chi connectivity index (χ3v) is 1.51. The van der Waals surface area contributed by atoms with Gasteiger partial charge in [0, 0.05) is 6.54 Å². The van der Waals surface area contributed by atoms with Crippen molar-refractivity contribution in [3.8, 4) is 0 Å². The van der Waals surface area contributed by atoms with Gasteiger partial charge >= 0.3 is 0 Å². The number of rotatable bonds is 4. The summed E-state index contributed by atoms with van der Waals surface area (Å²) in [6, 6.07) is 0. The average Bonchev–Trinajstić information content (AvgIpc) is 2.10. The van der Waals surface area contributed by atoms with Crippen molar-refractivity contribution in [1.82, 2.24) is 16.1 Å². The molecular weight excluding hydrogens is 188 g/mol. The molecule has 0 atom stereocenters. The van der Waals surface area contributed by atoms with Crippen LogP contribution in [0.2, 0.25) is 0 Å². The first kappa shape index (κ1) is 12.1. The first-order chi connectivity index (χ1) is 6.06. The molecule has 13 heavy (non-hydrogen) atoms. The van der Waals surface area contributed by atoms with Crippen molar-refractivity contribution >= 4 is 23.2 Å². The Kier molecular flexibility index (Phi) is 6.17. The number of nitrogens with two attached hydrogens (primary N) is 1. The van der Waals surface area contributed by atoms with Gasteiger partial charge in [-0.15, -0.1) is 0 Å². The standard InChI is InChI=1S/C7H16N4OS/c1-5(2)3-9-6(12)4-10-7(13)11-8/h5H,3-4,8H2,1-2H3,(H,9,12)(H2,10,11,13). The van der Waals surface area contributed by atoms with E-state index in [4.69, 9.17) is 5.84 Å². The molecule has 0 saturated carbocycles. The molecule has 76 valence electrons. The number of hydrogen-bond donors (Lipinski definition) is 4. The van der Waals surface area contributed by atoms with Crippen LogP contribution in [-0.4, -0.2) is 24.1 Å². The van der Waals surface area contributed by atoms with Crippen LogP contribution < -0.4 is 21.9 Å². The largest absolute Gasteiger partial charge is 0.354 e. The van der Waals surface area contributed by atoms with E-state index in [1.54, 1.807) is 0 Å². The molecule has 1 amide bonds. The minimum Gasteiger partial charge on any atom is -0.354 e. The molecule has 0 rings (SSSR count). The summed E-state index contributed by atoms with van der Waals surface area (Å²) in [6.45, 7) is 4.87. The second kappa shape index (κ2) is 6.62. The summed E-state index contributed by atoms with van der Waals surface area (Å²) in [4.78, 5) is 11.1. The average molecular weight is 204 g/mol. The van der Waals surface area contributed by atoms with Crippen LogP contribution in [0, 0.1) is 5.92 Å². The molecule has 0 unspecified atom stereocenters. The second-order valence-corrected chi connectivity index (χ2v) is 3.43. The van der Waals surface area contributed by atoms with Crippen molar-refractivity contribution in [2.24, 2.45) is 11.8 Å². The summed E-state index contributed by atoms with van der Waals surface area (Å²) in [5.41, 5.74) is 2.23. The molecule has 0 spiro atoms. The van der Waals surface area contributed by atoms with Crippen molar-refractivity contribution in [2.75, 3.05) is 13.1 Å². The number of carbonyl (C=O) groups is 1. The van der Waals surface area contributed by atoms with Crippen molar-refractivity contribution in [1.29, 1.82) is 0 Å². The third kappa shape index (κ3) is 7.48. The number of hydrogen-bond acceptors (Lipinski definition) is 3. The zero-order chi connectivity index (χ0) is 10.3. The SMILES string of the molecule is CC(C)CNC(=O)CNC(=S)NN. The Morgan fingerprint density at radius 1 is 1.46 bits per heavy atom. The van der Waals surface area contributed by atoms with Crippen molar-refractivity contribution in [2.45, 2.75) is 13.8 Å². The Labute approximate surface area is 83.4 Å². The zero-order valence-electron chi connectivity index (χ0n) is 7.89. The summed E-state index contributed by atoms with van der Waals surface area (Å²) in [7, 11) is 0. The molecule has 6 heteroatoms. The van der Waals surface area contributed by atoms with Crippen LogP contribution >= 0.6 is 12.2 Å². The molecule has 0 aromatic heterocycles. The highest BCUT2D eigenvalue weighted by Gasteiger charge is 2.01. The van der Waals surface area contributed by atoms with Crippen LogP contribution in [-0.2, 0) is 4.79 Å². The van der Waals surface area contributed by atoms with Crippen LogP contribution in [0.15, 0.2) is 0 Å². The predicted molar refractivity (Wildman–Crippen MR) is 55.8 cm³/mol. The van der Waals surface area contributed by atoms with Gasteiger partial charge in [0.1, 0.15) is 0 Å². The van der Waals surface area contributed by atoms with Gasteiger partial charge in [0.25, 0.3) is 0 Å². The highest BCUT2D eigenvalue weighted by atomic mass is 32.1.